The highest BCUT2D eigenvalue weighted by Crippen LogP contribution is 2.39. The van der Waals surface area contributed by atoms with Gasteiger partial charge in [-0.2, -0.15) is 0 Å². The summed E-state index contributed by atoms with van der Waals surface area (Å²) in [4.78, 5) is 5.36. The Bertz CT molecular complexity index is 281. The highest BCUT2D eigenvalue weighted by atomic mass is 15.3. The lowest BCUT2D eigenvalue weighted by Crippen LogP contribution is -2.53. The van der Waals surface area contributed by atoms with Gasteiger partial charge >= 0.3 is 0 Å². The predicted molar refractivity (Wildman–Crippen MR) is 91.8 cm³/mol. The van der Waals surface area contributed by atoms with Gasteiger partial charge in [0.25, 0.3) is 0 Å². The second-order valence-electron chi connectivity index (χ2n) is 7.87. The molecule has 1 heterocycles. The summed E-state index contributed by atoms with van der Waals surface area (Å²) in [6, 6.07) is 0.707. The van der Waals surface area contributed by atoms with E-state index in [1.807, 2.05) is 0 Å². The van der Waals surface area contributed by atoms with Crippen molar-refractivity contribution in [2.24, 2.45) is 11.3 Å². The van der Waals surface area contributed by atoms with E-state index in [-0.39, 0.29) is 0 Å². The summed E-state index contributed by atoms with van der Waals surface area (Å²) in [5.41, 5.74) is 0.544. The van der Waals surface area contributed by atoms with Crippen molar-refractivity contribution in [3.63, 3.8) is 0 Å². The van der Waals surface area contributed by atoms with Crippen LogP contribution in [0.15, 0.2) is 0 Å². The predicted octanol–water partition coefficient (Wildman–Crippen LogP) is 2.82. The normalized spacial score (nSPS) is 32.7. The summed E-state index contributed by atoms with van der Waals surface area (Å²) in [7, 11) is 0. The molecule has 3 heteroatoms. The summed E-state index contributed by atoms with van der Waals surface area (Å²) in [5.74, 6) is 0.942. The molecule has 2 rings (SSSR count). The van der Waals surface area contributed by atoms with Gasteiger partial charge in [-0.25, -0.2) is 0 Å². The molecule has 0 radical (unpaired) electrons. The third-order valence-corrected chi connectivity index (χ3v) is 5.78. The lowest BCUT2D eigenvalue weighted by atomic mass is 9.70. The van der Waals surface area contributed by atoms with E-state index in [0.717, 1.165) is 12.5 Å². The van der Waals surface area contributed by atoms with Crippen molar-refractivity contribution in [3.8, 4) is 0 Å². The van der Waals surface area contributed by atoms with Crippen LogP contribution in [0.3, 0.4) is 0 Å². The molecular formula is C18H37N3. The maximum Gasteiger partial charge on any atom is 0.0113 e. The second-order valence-corrected chi connectivity index (χ2v) is 7.87. The van der Waals surface area contributed by atoms with E-state index >= 15 is 0 Å². The Balaban J connectivity index is 1.87. The van der Waals surface area contributed by atoms with E-state index in [9.17, 15) is 0 Å². The molecule has 0 aromatic rings. The topological polar surface area (TPSA) is 18.5 Å². The van der Waals surface area contributed by atoms with Gasteiger partial charge < -0.3 is 10.2 Å². The van der Waals surface area contributed by atoms with E-state index in [1.54, 1.807) is 0 Å². The van der Waals surface area contributed by atoms with Gasteiger partial charge in [-0.05, 0) is 44.6 Å². The van der Waals surface area contributed by atoms with E-state index in [0.29, 0.717) is 11.5 Å². The van der Waals surface area contributed by atoms with Crippen LogP contribution in [0.4, 0.5) is 0 Å². The van der Waals surface area contributed by atoms with E-state index in [2.05, 4.69) is 42.8 Å². The van der Waals surface area contributed by atoms with Gasteiger partial charge in [0.1, 0.15) is 0 Å². The van der Waals surface area contributed by atoms with Gasteiger partial charge in [-0.3, -0.25) is 4.90 Å². The fourth-order valence-corrected chi connectivity index (χ4v) is 4.07. The molecule has 1 N–H and O–H groups in total. The third kappa shape index (κ3) is 4.94. The monoisotopic (exact) mass is 295 g/mol. The first-order valence-corrected chi connectivity index (χ1v) is 9.22. The Kier molecular flexibility index (Phi) is 6.51. The Morgan fingerprint density at radius 3 is 2.24 bits per heavy atom. The number of rotatable bonds is 6. The molecule has 0 amide bonds. The van der Waals surface area contributed by atoms with Gasteiger partial charge in [-0.15, -0.1) is 0 Å². The Labute approximate surface area is 132 Å². The molecule has 0 spiro atoms. The molecule has 124 valence electrons. The van der Waals surface area contributed by atoms with Crippen LogP contribution in [0.5, 0.6) is 0 Å². The highest BCUT2D eigenvalue weighted by Gasteiger charge is 2.36. The number of piperazine rings is 1. The molecule has 0 aromatic carbocycles. The standard InChI is InChI=1S/C18H37N3/c1-5-19-14-18(8-6-17(4)7-9-18)15-20-10-12-21(13-11-20)16(2)3/h16-17,19H,5-15H2,1-4H3. The molecule has 1 saturated heterocycles. The summed E-state index contributed by atoms with van der Waals surface area (Å²) in [6.45, 7) is 18.0. The van der Waals surface area contributed by atoms with E-state index in [1.165, 1.54) is 65.0 Å². The Morgan fingerprint density at radius 1 is 1.10 bits per heavy atom. The minimum absolute atomic E-state index is 0.544. The molecular weight excluding hydrogens is 258 g/mol. The summed E-state index contributed by atoms with van der Waals surface area (Å²) in [6.07, 6.45) is 5.70. The van der Waals surface area contributed by atoms with Crippen molar-refractivity contribution in [2.75, 3.05) is 45.8 Å². The number of hydrogen-bond acceptors (Lipinski definition) is 3. The quantitative estimate of drug-likeness (QED) is 0.813. The zero-order chi connectivity index (χ0) is 15.3. The summed E-state index contributed by atoms with van der Waals surface area (Å²) in [5, 5.41) is 3.65. The molecule has 2 fully saturated rings. The number of hydrogen-bond donors (Lipinski definition) is 1. The van der Waals surface area contributed by atoms with Crippen LogP contribution in [0.25, 0.3) is 0 Å². The third-order valence-electron chi connectivity index (χ3n) is 5.78. The van der Waals surface area contributed by atoms with Gasteiger partial charge in [0, 0.05) is 45.3 Å². The SMILES string of the molecule is CCNCC1(CN2CCN(C(C)C)CC2)CCC(C)CC1. The van der Waals surface area contributed by atoms with Crippen LogP contribution in [0.1, 0.15) is 53.4 Å². The van der Waals surface area contributed by atoms with Crippen molar-refractivity contribution in [3.05, 3.63) is 0 Å². The largest absolute Gasteiger partial charge is 0.316 e. The lowest BCUT2D eigenvalue weighted by Gasteiger charge is -2.45. The van der Waals surface area contributed by atoms with E-state index in [4.69, 9.17) is 0 Å². The minimum atomic E-state index is 0.544. The van der Waals surface area contributed by atoms with Crippen LogP contribution in [-0.2, 0) is 0 Å². The van der Waals surface area contributed by atoms with Crippen LogP contribution in [0, 0.1) is 11.3 Å². The fraction of sp³-hybridized carbons (Fsp3) is 1.00. The zero-order valence-electron chi connectivity index (χ0n) is 14.8. The van der Waals surface area contributed by atoms with Gasteiger partial charge in [-0.1, -0.05) is 26.7 Å². The molecule has 21 heavy (non-hydrogen) atoms. The average Bonchev–Trinajstić information content (AvgIpc) is 2.49. The minimum Gasteiger partial charge on any atom is -0.316 e. The second kappa shape index (κ2) is 7.94. The summed E-state index contributed by atoms with van der Waals surface area (Å²) >= 11 is 0. The lowest BCUT2D eigenvalue weighted by molar-refractivity contribution is 0.0453. The molecule has 3 nitrogen and oxygen atoms in total. The first-order chi connectivity index (χ1) is 10.0. The van der Waals surface area contributed by atoms with Gasteiger partial charge in [0.15, 0.2) is 0 Å². The van der Waals surface area contributed by atoms with Crippen molar-refractivity contribution in [1.82, 2.24) is 15.1 Å². The Morgan fingerprint density at radius 2 is 1.71 bits per heavy atom. The molecule has 0 bridgehead atoms. The first-order valence-electron chi connectivity index (χ1n) is 9.22. The van der Waals surface area contributed by atoms with E-state index < -0.39 is 0 Å². The highest BCUT2D eigenvalue weighted by molar-refractivity contribution is 4.90. The first kappa shape index (κ1) is 17.2. The number of nitrogens with one attached hydrogen (secondary N) is 1. The van der Waals surface area contributed by atoms with Crippen LogP contribution < -0.4 is 5.32 Å². The van der Waals surface area contributed by atoms with Gasteiger partial charge in [0.05, 0.1) is 0 Å². The van der Waals surface area contributed by atoms with Crippen LogP contribution in [0.2, 0.25) is 0 Å². The maximum absolute atomic E-state index is 3.65. The molecule has 1 saturated carbocycles. The molecule has 2 aliphatic rings. The fourth-order valence-electron chi connectivity index (χ4n) is 4.07. The van der Waals surface area contributed by atoms with Crippen molar-refractivity contribution < 1.29 is 0 Å². The van der Waals surface area contributed by atoms with Crippen LogP contribution in [-0.4, -0.2) is 61.7 Å². The maximum atomic E-state index is 3.65. The zero-order valence-corrected chi connectivity index (χ0v) is 14.8. The molecule has 1 aliphatic carbocycles. The molecule has 0 aromatic heterocycles. The van der Waals surface area contributed by atoms with Crippen molar-refractivity contribution in [1.29, 1.82) is 0 Å². The average molecular weight is 296 g/mol. The Hall–Kier alpha value is -0.120. The van der Waals surface area contributed by atoms with Crippen molar-refractivity contribution >= 4 is 0 Å². The summed E-state index contributed by atoms with van der Waals surface area (Å²) < 4.78 is 0. The van der Waals surface area contributed by atoms with Gasteiger partial charge in [0.2, 0.25) is 0 Å². The number of nitrogens with zero attached hydrogens (tertiary/aromatic N) is 2. The molecule has 1 aliphatic heterocycles. The van der Waals surface area contributed by atoms with Crippen molar-refractivity contribution in [2.45, 2.75) is 59.4 Å². The smallest absolute Gasteiger partial charge is 0.0113 e. The molecule has 0 atom stereocenters. The molecule has 0 unspecified atom stereocenters. The van der Waals surface area contributed by atoms with Crippen LogP contribution >= 0.6 is 0 Å².